The molecule has 1 aromatic rings. The highest BCUT2D eigenvalue weighted by Gasteiger charge is 2.14. The summed E-state index contributed by atoms with van der Waals surface area (Å²) in [6.45, 7) is 7.83. The Labute approximate surface area is 131 Å². The van der Waals surface area contributed by atoms with E-state index in [2.05, 4.69) is 28.7 Å². The smallest absolute Gasteiger partial charge is 0.230 e. The molecular weight excluding hydrogens is 284 g/mol. The van der Waals surface area contributed by atoms with Gasteiger partial charge in [0, 0.05) is 24.0 Å². The maximum absolute atomic E-state index is 11.8. The molecule has 2 rings (SSSR count). The van der Waals surface area contributed by atoms with Gasteiger partial charge in [0.15, 0.2) is 0 Å². The van der Waals surface area contributed by atoms with Crippen molar-refractivity contribution in [1.82, 2.24) is 20.4 Å². The van der Waals surface area contributed by atoms with Crippen LogP contribution >= 0.6 is 11.8 Å². The highest BCUT2D eigenvalue weighted by molar-refractivity contribution is 8.00. The van der Waals surface area contributed by atoms with E-state index in [1.165, 1.54) is 18.5 Å². The van der Waals surface area contributed by atoms with Crippen LogP contribution in [0.4, 0.5) is 0 Å². The molecule has 0 aliphatic carbocycles. The molecule has 2 N–H and O–H groups in total. The number of aryl methyl sites for hydroxylation is 3. The average molecular weight is 310 g/mol. The summed E-state index contributed by atoms with van der Waals surface area (Å²) in [6.07, 6.45) is 3.28. The molecule has 0 radical (unpaired) electrons. The molecule has 0 saturated carbocycles. The first kappa shape index (κ1) is 16.4. The van der Waals surface area contributed by atoms with Gasteiger partial charge in [-0.3, -0.25) is 9.48 Å². The lowest BCUT2D eigenvalue weighted by Crippen LogP contribution is -2.31. The molecule has 2 heterocycles. The Morgan fingerprint density at radius 3 is 2.90 bits per heavy atom. The minimum Gasteiger partial charge on any atom is -0.355 e. The lowest BCUT2D eigenvalue weighted by molar-refractivity contribution is -0.118. The van der Waals surface area contributed by atoms with Gasteiger partial charge in [-0.15, -0.1) is 11.8 Å². The molecule has 1 aromatic heterocycles. The molecule has 1 fully saturated rings. The van der Waals surface area contributed by atoms with E-state index in [0.717, 1.165) is 38.3 Å². The predicted molar refractivity (Wildman–Crippen MR) is 87.7 cm³/mol. The molecule has 1 saturated heterocycles. The summed E-state index contributed by atoms with van der Waals surface area (Å²) >= 11 is 1.80. The molecule has 0 unspecified atom stereocenters. The van der Waals surface area contributed by atoms with Crippen molar-refractivity contribution in [3.8, 4) is 0 Å². The summed E-state index contributed by atoms with van der Waals surface area (Å²) in [6, 6.07) is 2.08. The normalized spacial score (nSPS) is 16.1. The maximum Gasteiger partial charge on any atom is 0.230 e. The van der Waals surface area contributed by atoms with Crippen LogP contribution in [-0.2, 0) is 11.3 Å². The quantitative estimate of drug-likeness (QED) is 0.749. The fourth-order valence-electron chi connectivity index (χ4n) is 2.56. The van der Waals surface area contributed by atoms with E-state index in [0.29, 0.717) is 11.0 Å². The van der Waals surface area contributed by atoms with Crippen LogP contribution in [0.25, 0.3) is 0 Å². The highest BCUT2D eigenvalue weighted by Crippen LogP contribution is 2.19. The second kappa shape index (κ2) is 8.44. The maximum atomic E-state index is 11.8. The summed E-state index contributed by atoms with van der Waals surface area (Å²) in [5.41, 5.74) is 2.23. The monoisotopic (exact) mass is 310 g/mol. The van der Waals surface area contributed by atoms with Crippen LogP contribution < -0.4 is 10.6 Å². The topological polar surface area (TPSA) is 59.0 Å². The minimum absolute atomic E-state index is 0.159. The van der Waals surface area contributed by atoms with Crippen molar-refractivity contribution in [2.24, 2.45) is 0 Å². The first-order chi connectivity index (χ1) is 10.1. The van der Waals surface area contributed by atoms with E-state index in [1.54, 1.807) is 11.8 Å². The van der Waals surface area contributed by atoms with Crippen molar-refractivity contribution < 1.29 is 4.79 Å². The van der Waals surface area contributed by atoms with Gasteiger partial charge in [-0.2, -0.15) is 5.10 Å². The molecule has 1 aliphatic heterocycles. The number of hydrogen-bond acceptors (Lipinski definition) is 4. The second-order valence-electron chi connectivity index (χ2n) is 5.61. The molecule has 1 aliphatic rings. The van der Waals surface area contributed by atoms with Crippen LogP contribution in [0.3, 0.4) is 0 Å². The Balaban J connectivity index is 1.55. The third kappa shape index (κ3) is 5.71. The number of piperidine rings is 1. The second-order valence-corrected chi connectivity index (χ2v) is 6.90. The van der Waals surface area contributed by atoms with Crippen molar-refractivity contribution in [3.05, 3.63) is 17.5 Å². The van der Waals surface area contributed by atoms with Gasteiger partial charge in [0.25, 0.3) is 0 Å². The number of aromatic nitrogens is 2. The van der Waals surface area contributed by atoms with Gasteiger partial charge in [0.05, 0.1) is 11.4 Å². The first-order valence-corrected chi connectivity index (χ1v) is 8.80. The van der Waals surface area contributed by atoms with Gasteiger partial charge in [-0.1, -0.05) is 0 Å². The van der Waals surface area contributed by atoms with Crippen molar-refractivity contribution in [3.63, 3.8) is 0 Å². The lowest BCUT2D eigenvalue weighted by Gasteiger charge is -2.21. The SMILES string of the molecule is Cc1cc(C)n(CCCNC(=O)CSC2CCNCC2)n1. The van der Waals surface area contributed by atoms with E-state index in [4.69, 9.17) is 0 Å². The zero-order valence-corrected chi connectivity index (χ0v) is 13.8. The van der Waals surface area contributed by atoms with Gasteiger partial charge in [-0.05, 0) is 52.3 Å². The van der Waals surface area contributed by atoms with E-state index < -0.39 is 0 Å². The molecule has 0 spiro atoms. The number of carbonyl (C=O) groups excluding carboxylic acids is 1. The molecule has 0 atom stereocenters. The van der Waals surface area contributed by atoms with Gasteiger partial charge in [0.1, 0.15) is 0 Å². The van der Waals surface area contributed by atoms with Gasteiger partial charge < -0.3 is 10.6 Å². The van der Waals surface area contributed by atoms with Crippen molar-refractivity contribution in [1.29, 1.82) is 0 Å². The molecule has 118 valence electrons. The summed E-state index contributed by atoms with van der Waals surface area (Å²) in [5, 5.41) is 11.4. The largest absolute Gasteiger partial charge is 0.355 e. The molecular formula is C15H26N4OS. The first-order valence-electron chi connectivity index (χ1n) is 7.75. The standard InChI is InChI=1S/C15H26N4OS/c1-12-10-13(2)19(18-12)9-3-6-17-15(20)11-21-14-4-7-16-8-5-14/h10,14,16H,3-9,11H2,1-2H3,(H,17,20). The molecule has 6 heteroatoms. The van der Waals surface area contributed by atoms with Crippen LogP contribution in [0.5, 0.6) is 0 Å². The van der Waals surface area contributed by atoms with Crippen molar-refractivity contribution >= 4 is 17.7 Å². The Morgan fingerprint density at radius 1 is 1.48 bits per heavy atom. The number of nitrogens with one attached hydrogen (secondary N) is 2. The number of thioether (sulfide) groups is 1. The fraction of sp³-hybridized carbons (Fsp3) is 0.733. The Kier molecular flexibility index (Phi) is 6.57. The number of hydrogen-bond donors (Lipinski definition) is 2. The van der Waals surface area contributed by atoms with Crippen molar-refractivity contribution in [2.45, 2.75) is 44.9 Å². The fourth-order valence-corrected chi connectivity index (χ4v) is 3.62. The van der Waals surface area contributed by atoms with Crippen LogP contribution in [0.1, 0.15) is 30.7 Å². The number of nitrogens with zero attached hydrogens (tertiary/aromatic N) is 2. The summed E-state index contributed by atoms with van der Waals surface area (Å²) in [7, 11) is 0. The van der Waals surface area contributed by atoms with Gasteiger partial charge >= 0.3 is 0 Å². The zero-order chi connectivity index (χ0) is 15.1. The molecule has 0 bridgehead atoms. The van der Waals surface area contributed by atoms with Gasteiger partial charge in [-0.25, -0.2) is 0 Å². The minimum atomic E-state index is 0.159. The Morgan fingerprint density at radius 2 is 2.24 bits per heavy atom. The number of amides is 1. The van der Waals surface area contributed by atoms with Crippen LogP contribution in [-0.4, -0.2) is 46.3 Å². The third-order valence-electron chi connectivity index (χ3n) is 3.71. The Bertz CT molecular complexity index is 455. The van der Waals surface area contributed by atoms with E-state index in [1.807, 2.05) is 11.6 Å². The predicted octanol–water partition coefficient (Wildman–Crippen LogP) is 1.49. The molecule has 0 aromatic carbocycles. The molecule has 5 nitrogen and oxygen atoms in total. The number of carbonyl (C=O) groups is 1. The summed E-state index contributed by atoms with van der Waals surface area (Å²) in [4.78, 5) is 11.8. The van der Waals surface area contributed by atoms with Gasteiger partial charge in [0.2, 0.25) is 5.91 Å². The highest BCUT2D eigenvalue weighted by atomic mass is 32.2. The van der Waals surface area contributed by atoms with E-state index in [9.17, 15) is 4.79 Å². The molecule has 21 heavy (non-hydrogen) atoms. The number of rotatable bonds is 7. The summed E-state index contributed by atoms with van der Waals surface area (Å²) in [5.74, 6) is 0.747. The van der Waals surface area contributed by atoms with Crippen LogP contribution in [0.15, 0.2) is 6.07 Å². The zero-order valence-electron chi connectivity index (χ0n) is 13.0. The third-order valence-corrected chi connectivity index (χ3v) is 5.08. The van der Waals surface area contributed by atoms with Crippen molar-refractivity contribution in [2.75, 3.05) is 25.4 Å². The lowest BCUT2D eigenvalue weighted by atomic mass is 10.2. The Hall–Kier alpha value is -1.01. The van der Waals surface area contributed by atoms with E-state index >= 15 is 0 Å². The van der Waals surface area contributed by atoms with E-state index in [-0.39, 0.29) is 5.91 Å². The molecule has 1 amide bonds. The van der Waals surface area contributed by atoms with Crippen LogP contribution in [0.2, 0.25) is 0 Å². The summed E-state index contributed by atoms with van der Waals surface area (Å²) < 4.78 is 2.01. The van der Waals surface area contributed by atoms with Crippen LogP contribution in [0, 0.1) is 13.8 Å². The average Bonchev–Trinajstić information content (AvgIpc) is 2.80.